The first kappa shape index (κ1) is 21.1. The van der Waals surface area contributed by atoms with Crippen LogP contribution in [0.2, 0.25) is 19.6 Å². The molecule has 0 radical (unpaired) electrons. The van der Waals surface area contributed by atoms with Crippen molar-refractivity contribution in [3.05, 3.63) is 12.3 Å². The lowest BCUT2D eigenvalue weighted by atomic mass is 10.1. The number of unbranched alkanes of at least 4 members (excludes halogenated alkanes) is 3. The Morgan fingerprint density at radius 3 is 2.10 bits per heavy atom. The summed E-state index contributed by atoms with van der Waals surface area (Å²) in [5.74, 6) is 0. The third-order valence-corrected chi connectivity index (χ3v) is 5.65. The first-order valence-corrected chi connectivity index (χ1v) is 14.8. The van der Waals surface area contributed by atoms with Gasteiger partial charge in [-0.3, -0.25) is 0 Å². The smallest absolute Gasteiger partial charge is 0.215 e. The van der Waals surface area contributed by atoms with E-state index in [0.717, 1.165) is 6.42 Å². The van der Waals surface area contributed by atoms with E-state index >= 15 is 0 Å². The molecule has 0 bridgehead atoms. The molecule has 0 N–H and O–H groups in total. The Morgan fingerprint density at radius 1 is 0.857 bits per heavy atom. The zero-order valence-corrected chi connectivity index (χ0v) is 18.8. The first-order valence-electron chi connectivity index (χ1n) is 8.79. The van der Waals surface area contributed by atoms with Gasteiger partial charge in [0, 0.05) is 6.10 Å². The minimum atomic E-state index is -0.340. The highest BCUT2D eigenvalue weighted by Crippen LogP contribution is 2.13. The van der Waals surface area contributed by atoms with Crippen molar-refractivity contribution in [2.24, 2.45) is 0 Å². The van der Waals surface area contributed by atoms with Crippen LogP contribution in [0.1, 0.15) is 51.9 Å². The Labute approximate surface area is 139 Å². The highest BCUT2D eigenvalue weighted by Gasteiger charge is 2.06. The van der Waals surface area contributed by atoms with Gasteiger partial charge in [0.05, 0.1) is 12.4 Å². The molecule has 0 aromatic heterocycles. The van der Waals surface area contributed by atoms with Crippen LogP contribution < -0.4 is 0 Å². The molecule has 0 saturated heterocycles. The molecule has 0 rings (SSSR count). The average Bonchev–Trinajstić information content (AvgIpc) is 2.49. The van der Waals surface area contributed by atoms with Crippen LogP contribution in [-0.2, 0) is 13.3 Å². The zero-order valence-electron chi connectivity index (χ0n) is 14.6. The van der Waals surface area contributed by atoms with Crippen molar-refractivity contribution >= 4 is 29.3 Å². The molecule has 6 heteroatoms. The van der Waals surface area contributed by atoms with Crippen LogP contribution in [0.4, 0.5) is 0 Å². The second kappa shape index (κ2) is 16.5. The molecule has 126 valence electrons. The Kier molecular flexibility index (Phi) is 16.6. The summed E-state index contributed by atoms with van der Waals surface area (Å²) in [6.07, 6.45) is 13.5. The molecule has 0 aliphatic heterocycles. The molecule has 0 aromatic carbocycles. The largest absolute Gasteiger partial charge is 0.555 e. The van der Waals surface area contributed by atoms with Crippen molar-refractivity contribution in [3.63, 3.8) is 0 Å². The lowest BCUT2D eigenvalue weighted by Crippen LogP contribution is -2.13. The van der Waals surface area contributed by atoms with Gasteiger partial charge < -0.3 is 13.3 Å². The molecule has 3 nitrogen and oxygen atoms in total. The van der Waals surface area contributed by atoms with Crippen LogP contribution in [0.3, 0.4) is 0 Å². The molecular formula is C15H36O3Si3. The maximum Gasteiger partial charge on any atom is 0.215 e. The fourth-order valence-electron chi connectivity index (χ4n) is 2.40. The van der Waals surface area contributed by atoms with Crippen LogP contribution in [0, 0.1) is 0 Å². The van der Waals surface area contributed by atoms with Gasteiger partial charge in [0.25, 0.3) is 0 Å². The van der Waals surface area contributed by atoms with E-state index in [-0.39, 0.29) is 29.3 Å². The predicted molar refractivity (Wildman–Crippen MR) is 101 cm³/mol. The number of hydrogen-bond donors (Lipinski definition) is 0. The van der Waals surface area contributed by atoms with Gasteiger partial charge in [-0.05, 0) is 31.9 Å². The summed E-state index contributed by atoms with van der Waals surface area (Å²) in [5.41, 5.74) is 0. The normalized spacial score (nSPS) is 16.2. The van der Waals surface area contributed by atoms with Gasteiger partial charge in [0.2, 0.25) is 9.76 Å². The molecule has 0 saturated carbocycles. The van der Waals surface area contributed by atoms with Gasteiger partial charge in [-0.25, -0.2) is 0 Å². The highest BCUT2D eigenvalue weighted by molar-refractivity contribution is 6.25. The van der Waals surface area contributed by atoms with Crippen molar-refractivity contribution < 1.29 is 13.3 Å². The fourth-order valence-corrected chi connectivity index (χ4v) is 4.28. The lowest BCUT2D eigenvalue weighted by Gasteiger charge is -2.15. The van der Waals surface area contributed by atoms with Gasteiger partial charge in [-0.1, -0.05) is 45.7 Å². The second-order valence-electron chi connectivity index (χ2n) is 5.25. The summed E-state index contributed by atoms with van der Waals surface area (Å²) >= 11 is 0. The van der Waals surface area contributed by atoms with E-state index in [4.69, 9.17) is 13.3 Å². The van der Waals surface area contributed by atoms with Crippen LogP contribution in [0.15, 0.2) is 12.3 Å². The SMILES string of the molecule is CCC(CCCCCCC(C=CO[SiH2]C)O[SiH2]C)O[SiH2]C. The number of rotatable bonds is 15. The van der Waals surface area contributed by atoms with E-state index in [1.54, 1.807) is 0 Å². The maximum absolute atomic E-state index is 5.85. The van der Waals surface area contributed by atoms with Crippen molar-refractivity contribution in [2.75, 3.05) is 0 Å². The van der Waals surface area contributed by atoms with Crippen molar-refractivity contribution in [2.45, 2.75) is 83.7 Å². The summed E-state index contributed by atoms with van der Waals surface area (Å²) in [6, 6.07) is 0. The first-order chi connectivity index (χ1) is 10.3. The molecule has 0 amide bonds. The Hall–Kier alpha value is 0.111. The monoisotopic (exact) mass is 348 g/mol. The summed E-state index contributed by atoms with van der Waals surface area (Å²) < 4.78 is 17.1. The summed E-state index contributed by atoms with van der Waals surface area (Å²) in [4.78, 5) is 0. The molecule has 0 fully saturated rings. The summed E-state index contributed by atoms with van der Waals surface area (Å²) in [6.45, 7) is 8.79. The molecule has 0 aliphatic rings. The molecule has 0 aromatic rings. The van der Waals surface area contributed by atoms with Crippen LogP contribution in [0.25, 0.3) is 0 Å². The highest BCUT2D eigenvalue weighted by atomic mass is 28.2. The lowest BCUT2D eigenvalue weighted by molar-refractivity contribution is 0.192. The van der Waals surface area contributed by atoms with Crippen molar-refractivity contribution in [1.29, 1.82) is 0 Å². The van der Waals surface area contributed by atoms with E-state index < -0.39 is 0 Å². The van der Waals surface area contributed by atoms with Gasteiger partial charge in [0.1, 0.15) is 0 Å². The Bertz CT molecular complexity index is 240. The fraction of sp³-hybridized carbons (Fsp3) is 0.867. The molecule has 0 aliphatic carbocycles. The Balaban J connectivity index is 3.65. The minimum Gasteiger partial charge on any atom is -0.555 e. The van der Waals surface area contributed by atoms with Crippen LogP contribution >= 0.6 is 0 Å². The summed E-state index contributed by atoms with van der Waals surface area (Å²) in [7, 11) is -0.913. The molecule has 0 heterocycles. The van der Waals surface area contributed by atoms with E-state index in [0.29, 0.717) is 12.2 Å². The van der Waals surface area contributed by atoms with Crippen molar-refractivity contribution in [1.82, 2.24) is 0 Å². The topological polar surface area (TPSA) is 27.7 Å². The third-order valence-electron chi connectivity index (χ3n) is 3.56. The number of hydrogen-bond acceptors (Lipinski definition) is 3. The van der Waals surface area contributed by atoms with Gasteiger partial charge in [-0.2, -0.15) is 0 Å². The molecule has 21 heavy (non-hydrogen) atoms. The molecule has 0 spiro atoms. The third kappa shape index (κ3) is 13.5. The van der Waals surface area contributed by atoms with Gasteiger partial charge in [-0.15, -0.1) is 0 Å². The van der Waals surface area contributed by atoms with E-state index in [1.165, 1.54) is 38.5 Å². The standard InChI is InChI=1S/C15H36O3Si3/c1-5-14(17-20-3)10-8-6-7-9-11-15(18-21-4)12-13-16-19-2/h12-15H,5-11,19-21H2,1-4H3. The van der Waals surface area contributed by atoms with E-state index in [1.807, 2.05) is 6.26 Å². The molecule has 2 atom stereocenters. The van der Waals surface area contributed by atoms with Crippen molar-refractivity contribution in [3.8, 4) is 0 Å². The van der Waals surface area contributed by atoms with E-state index in [2.05, 4.69) is 32.6 Å². The molecular weight excluding hydrogens is 312 g/mol. The molecule has 2 unspecified atom stereocenters. The zero-order chi connectivity index (χ0) is 15.8. The Morgan fingerprint density at radius 2 is 1.52 bits per heavy atom. The quantitative estimate of drug-likeness (QED) is 0.258. The maximum atomic E-state index is 5.85. The minimum absolute atomic E-state index is 0.245. The second-order valence-corrected chi connectivity index (χ2v) is 7.99. The average molecular weight is 349 g/mol. The van der Waals surface area contributed by atoms with Gasteiger partial charge in [0.15, 0.2) is 19.5 Å². The summed E-state index contributed by atoms with van der Waals surface area (Å²) in [5, 5.41) is 0. The van der Waals surface area contributed by atoms with Crippen LogP contribution in [0.5, 0.6) is 0 Å². The predicted octanol–water partition coefficient (Wildman–Crippen LogP) is 2.43. The van der Waals surface area contributed by atoms with E-state index in [9.17, 15) is 0 Å². The van der Waals surface area contributed by atoms with Gasteiger partial charge >= 0.3 is 0 Å². The van der Waals surface area contributed by atoms with Crippen LogP contribution in [-0.4, -0.2) is 41.5 Å².